The molecule has 0 bridgehead atoms. The minimum atomic E-state index is -0.446. The number of ether oxygens (including phenoxy) is 1. The largest absolute Gasteiger partial charge is 0.446 e. The van der Waals surface area contributed by atoms with Crippen molar-refractivity contribution < 1.29 is 9.13 Å². The maximum atomic E-state index is 15.0. The van der Waals surface area contributed by atoms with Crippen molar-refractivity contribution in [3.05, 3.63) is 76.7 Å². The van der Waals surface area contributed by atoms with E-state index in [-0.39, 0.29) is 17.3 Å². The molecule has 0 unspecified atom stereocenters. The van der Waals surface area contributed by atoms with Gasteiger partial charge >= 0.3 is 0 Å². The fraction of sp³-hybridized carbons (Fsp3) is 0.269. The number of rotatable bonds is 5. The number of nitrogens with one attached hydrogen (secondary N) is 1. The molecule has 5 rings (SSSR count). The van der Waals surface area contributed by atoms with E-state index in [1.165, 1.54) is 6.33 Å². The average molecular weight is 457 g/mol. The van der Waals surface area contributed by atoms with Gasteiger partial charge in [-0.1, -0.05) is 23.8 Å². The number of nitrogens with zero attached hydrogens (tertiary/aromatic N) is 5. The number of piperazine rings is 1. The molecule has 2 aliphatic rings. The van der Waals surface area contributed by atoms with Crippen LogP contribution in [-0.4, -0.2) is 48.1 Å². The first-order chi connectivity index (χ1) is 16.5. The van der Waals surface area contributed by atoms with Crippen molar-refractivity contribution in [3.8, 4) is 11.6 Å². The zero-order valence-corrected chi connectivity index (χ0v) is 19.2. The smallest absolute Gasteiger partial charge is 0.288 e. The normalized spacial score (nSPS) is 15.5. The molecule has 2 aromatic carbocycles. The third kappa shape index (κ3) is 4.30. The van der Waals surface area contributed by atoms with Gasteiger partial charge in [0.25, 0.3) is 5.69 Å². The molecule has 7 nitrogen and oxygen atoms in total. The van der Waals surface area contributed by atoms with E-state index in [2.05, 4.69) is 43.0 Å². The highest BCUT2D eigenvalue weighted by molar-refractivity contribution is 5.77. The van der Waals surface area contributed by atoms with Gasteiger partial charge in [-0.15, -0.1) is 0 Å². The minimum absolute atomic E-state index is 0.0141. The lowest BCUT2D eigenvalue weighted by molar-refractivity contribution is 0.313. The molecule has 0 atom stereocenters. The van der Waals surface area contributed by atoms with Crippen LogP contribution in [0, 0.1) is 12.4 Å². The summed E-state index contributed by atoms with van der Waals surface area (Å²) in [6, 6.07) is 11.4. The SMILES string of the molecule is [C-]#[N+]c1c(Nc2cccc(N3CCN(C)CC3)c2)ncnc1Oc1ccc2c(c1F)C=C(C)C2. The van der Waals surface area contributed by atoms with Gasteiger partial charge in [0.05, 0.1) is 6.57 Å². The van der Waals surface area contributed by atoms with Crippen molar-refractivity contribution in [3.63, 3.8) is 0 Å². The van der Waals surface area contributed by atoms with Crippen molar-refractivity contribution in [1.82, 2.24) is 14.9 Å². The Labute approximate surface area is 198 Å². The summed E-state index contributed by atoms with van der Waals surface area (Å²) in [6.07, 6.45) is 3.87. The third-order valence-corrected chi connectivity index (χ3v) is 6.18. The first-order valence-corrected chi connectivity index (χ1v) is 11.2. The molecule has 0 amide bonds. The van der Waals surface area contributed by atoms with Crippen LogP contribution in [0.5, 0.6) is 11.6 Å². The molecule has 1 aliphatic heterocycles. The van der Waals surface area contributed by atoms with Crippen LogP contribution in [0.3, 0.4) is 0 Å². The first kappa shape index (κ1) is 21.9. The second-order valence-corrected chi connectivity index (χ2v) is 8.67. The molecule has 34 heavy (non-hydrogen) atoms. The maximum Gasteiger partial charge on any atom is 0.288 e. The lowest BCUT2D eigenvalue weighted by atomic mass is 10.1. The Bertz CT molecular complexity index is 1310. The van der Waals surface area contributed by atoms with Gasteiger partial charge in [0.2, 0.25) is 5.88 Å². The van der Waals surface area contributed by atoms with Gasteiger partial charge in [-0.3, -0.25) is 0 Å². The molecule has 8 heteroatoms. The van der Waals surface area contributed by atoms with Crippen molar-refractivity contribution in [2.24, 2.45) is 0 Å². The molecule has 0 saturated carbocycles. The lowest BCUT2D eigenvalue weighted by Crippen LogP contribution is -2.44. The minimum Gasteiger partial charge on any atom is -0.446 e. The van der Waals surface area contributed by atoms with Crippen molar-refractivity contribution in [2.75, 3.05) is 43.4 Å². The molecule has 172 valence electrons. The zero-order chi connectivity index (χ0) is 23.7. The van der Waals surface area contributed by atoms with E-state index < -0.39 is 5.82 Å². The van der Waals surface area contributed by atoms with Crippen LogP contribution in [0.1, 0.15) is 18.1 Å². The third-order valence-electron chi connectivity index (χ3n) is 6.18. The van der Waals surface area contributed by atoms with Crippen LogP contribution in [0.25, 0.3) is 10.9 Å². The van der Waals surface area contributed by atoms with Gasteiger partial charge in [0.1, 0.15) is 12.1 Å². The number of anilines is 3. The molecule has 2 heterocycles. The van der Waals surface area contributed by atoms with E-state index in [1.54, 1.807) is 6.07 Å². The van der Waals surface area contributed by atoms with E-state index in [0.29, 0.717) is 11.4 Å². The Morgan fingerprint density at radius 3 is 2.74 bits per heavy atom. The Morgan fingerprint density at radius 1 is 1.12 bits per heavy atom. The van der Waals surface area contributed by atoms with Gasteiger partial charge < -0.3 is 19.9 Å². The van der Waals surface area contributed by atoms with E-state index in [4.69, 9.17) is 11.3 Å². The van der Waals surface area contributed by atoms with Crippen LogP contribution >= 0.6 is 0 Å². The van der Waals surface area contributed by atoms with E-state index in [1.807, 2.05) is 37.3 Å². The van der Waals surface area contributed by atoms with Gasteiger partial charge in [-0.2, -0.15) is 0 Å². The van der Waals surface area contributed by atoms with Crippen molar-refractivity contribution in [1.29, 1.82) is 0 Å². The highest BCUT2D eigenvalue weighted by Gasteiger charge is 2.21. The fourth-order valence-electron chi connectivity index (χ4n) is 4.32. The summed E-state index contributed by atoms with van der Waals surface area (Å²) in [7, 11) is 2.13. The van der Waals surface area contributed by atoms with E-state index in [0.717, 1.165) is 55.1 Å². The number of hydrogen-bond donors (Lipinski definition) is 1. The Morgan fingerprint density at radius 2 is 1.94 bits per heavy atom. The molecular formula is C26H25FN6O. The molecule has 1 aliphatic carbocycles. The summed E-state index contributed by atoms with van der Waals surface area (Å²) in [5, 5.41) is 3.21. The standard InChI is InChI=1S/C26H25FN6O/c1-17-13-18-7-8-22(23(27)21(18)14-17)34-26-24(28-2)25(29-16-30-26)31-19-5-4-6-20(15-19)33-11-9-32(3)10-12-33/h4-8,14-16H,9-13H2,1,3H3,(H,29,30,31). The molecule has 1 fully saturated rings. The summed E-state index contributed by atoms with van der Waals surface area (Å²) in [4.78, 5) is 16.6. The zero-order valence-electron chi connectivity index (χ0n) is 19.2. The molecular weight excluding hydrogens is 431 g/mol. The van der Waals surface area contributed by atoms with Gasteiger partial charge in [-0.05, 0) is 50.2 Å². The van der Waals surface area contributed by atoms with Crippen molar-refractivity contribution >= 4 is 29.0 Å². The second kappa shape index (κ2) is 9.12. The van der Waals surface area contributed by atoms with E-state index >= 15 is 4.39 Å². The second-order valence-electron chi connectivity index (χ2n) is 8.67. The van der Waals surface area contributed by atoms with Gasteiger partial charge in [0, 0.05) is 43.1 Å². The molecule has 1 saturated heterocycles. The van der Waals surface area contributed by atoms with Crippen LogP contribution in [0.15, 0.2) is 48.3 Å². The number of benzene rings is 2. The molecule has 0 radical (unpaired) electrons. The number of likely N-dealkylation sites (N-methyl/N-ethyl adjacent to an activating group) is 1. The monoisotopic (exact) mass is 456 g/mol. The van der Waals surface area contributed by atoms with Crippen LogP contribution < -0.4 is 15.0 Å². The summed E-state index contributed by atoms with van der Waals surface area (Å²) in [5.41, 5.74) is 4.57. The van der Waals surface area contributed by atoms with Crippen LogP contribution in [-0.2, 0) is 6.42 Å². The summed E-state index contributed by atoms with van der Waals surface area (Å²) in [6.45, 7) is 13.6. The topological polar surface area (TPSA) is 57.9 Å². The number of hydrogen-bond acceptors (Lipinski definition) is 6. The van der Waals surface area contributed by atoms with Gasteiger partial charge in [-0.25, -0.2) is 19.2 Å². The highest BCUT2D eigenvalue weighted by Crippen LogP contribution is 2.39. The number of aromatic nitrogens is 2. The Hall–Kier alpha value is -3.96. The molecule has 3 aromatic rings. The van der Waals surface area contributed by atoms with Crippen LogP contribution in [0.2, 0.25) is 0 Å². The quantitative estimate of drug-likeness (QED) is 0.518. The summed E-state index contributed by atoms with van der Waals surface area (Å²) < 4.78 is 20.8. The number of allylic oxidation sites excluding steroid dienone is 1. The summed E-state index contributed by atoms with van der Waals surface area (Å²) >= 11 is 0. The molecule has 1 aromatic heterocycles. The molecule has 0 spiro atoms. The maximum absolute atomic E-state index is 15.0. The predicted octanol–water partition coefficient (Wildman–Crippen LogP) is 5.41. The highest BCUT2D eigenvalue weighted by atomic mass is 19.1. The Balaban J connectivity index is 1.40. The first-order valence-electron chi connectivity index (χ1n) is 11.2. The average Bonchev–Trinajstić information content (AvgIpc) is 3.23. The van der Waals surface area contributed by atoms with E-state index in [9.17, 15) is 0 Å². The Kier molecular flexibility index (Phi) is 5.86. The molecule has 1 N–H and O–H groups in total. The number of halogens is 1. The summed E-state index contributed by atoms with van der Waals surface area (Å²) in [5.74, 6) is -0.0808. The van der Waals surface area contributed by atoms with Crippen molar-refractivity contribution in [2.45, 2.75) is 13.3 Å². The predicted molar refractivity (Wildman–Crippen MR) is 132 cm³/mol. The van der Waals surface area contributed by atoms with Crippen LogP contribution in [0.4, 0.5) is 27.3 Å². The number of fused-ring (bicyclic) bond motifs is 1. The lowest BCUT2D eigenvalue weighted by Gasteiger charge is -2.34. The van der Waals surface area contributed by atoms with Gasteiger partial charge in [0.15, 0.2) is 11.6 Å². The fourth-order valence-corrected chi connectivity index (χ4v) is 4.32.